The van der Waals surface area contributed by atoms with E-state index in [1.54, 1.807) is 38.6 Å². The molecule has 0 radical (unpaired) electrons. The summed E-state index contributed by atoms with van der Waals surface area (Å²) in [6.45, 7) is 5.70. The number of aromatic nitrogens is 1. The maximum absolute atomic E-state index is 12.6. The van der Waals surface area contributed by atoms with Crippen LogP contribution in [-0.2, 0) is 16.6 Å². The van der Waals surface area contributed by atoms with Gasteiger partial charge in [-0.2, -0.15) is 0 Å². The van der Waals surface area contributed by atoms with Crippen molar-refractivity contribution >= 4 is 10.0 Å². The van der Waals surface area contributed by atoms with E-state index in [-0.39, 0.29) is 11.4 Å². The van der Waals surface area contributed by atoms with Crippen LogP contribution in [0.15, 0.2) is 35.5 Å². The van der Waals surface area contributed by atoms with Gasteiger partial charge in [0.25, 0.3) is 0 Å². The SMILES string of the molecule is COc1c(C)cc(S(=O)(=O)NCc2cccnc2)c(C)c1C. The van der Waals surface area contributed by atoms with E-state index < -0.39 is 10.0 Å². The molecule has 22 heavy (non-hydrogen) atoms. The van der Waals surface area contributed by atoms with Gasteiger partial charge in [0, 0.05) is 18.9 Å². The predicted molar refractivity (Wildman–Crippen MR) is 85.5 cm³/mol. The average molecular weight is 320 g/mol. The molecule has 118 valence electrons. The van der Waals surface area contributed by atoms with Crippen LogP contribution in [0.3, 0.4) is 0 Å². The van der Waals surface area contributed by atoms with Crippen LogP contribution in [0.1, 0.15) is 22.3 Å². The van der Waals surface area contributed by atoms with Crippen LogP contribution in [0.2, 0.25) is 0 Å². The van der Waals surface area contributed by atoms with E-state index in [0.29, 0.717) is 5.56 Å². The van der Waals surface area contributed by atoms with Gasteiger partial charge in [0.05, 0.1) is 12.0 Å². The third-order valence-corrected chi connectivity index (χ3v) is 5.19. The Morgan fingerprint density at radius 1 is 1.23 bits per heavy atom. The first-order valence-electron chi connectivity index (χ1n) is 6.90. The van der Waals surface area contributed by atoms with Crippen molar-refractivity contribution in [2.75, 3.05) is 7.11 Å². The largest absolute Gasteiger partial charge is 0.496 e. The Labute approximate surface area is 131 Å². The van der Waals surface area contributed by atoms with E-state index in [9.17, 15) is 8.42 Å². The topological polar surface area (TPSA) is 68.3 Å². The van der Waals surface area contributed by atoms with Gasteiger partial charge in [-0.25, -0.2) is 13.1 Å². The van der Waals surface area contributed by atoms with Gasteiger partial charge in [-0.1, -0.05) is 6.07 Å². The first-order chi connectivity index (χ1) is 10.4. The number of aryl methyl sites for hydroxylation is 1. The van der Waals surface area contributed by atoms with Gasteiger partial charge in [0.15, 0.2) is 0 Å². The lowest BCUT2D eigenvalue weighted by Gasteiger charge is -2.16. The van der Waals surface area contributed by atoms with E-state index in [2.05, 4.69) is 9.71 Å². The lowest BCUT2D eigenvalue weighted by molar-refractivity contribution is 0.407. The molecule has 2 rings (SSSR count). The number of benzene rings is 1. The van der Waals surface area contributed by atoms with E-state index in [1.165, 1.54) is 0 Å². The molecule has 0 atom stereocenters. The molecule has 0 unspecified atom stereocenters. The van der Waals surface area contributed by atoms with Crippen LogP contribution in [-0.4, -0.2) is 20.5 Å². The molecule has 6 heteroatoms. The fraction of sp³-hybridized carbons (Fsp3) is 0.312. The Kier molecular flexibility index (Phi) is 4.83. The van der Waals surface area contributed by atoms with Crippen LogP contribution < -0.4 is 9.46 Å². The van der Waals surface area contributed by atoms with Gasteiger partial charge in [0.2, 0.25) is 10.0 Å². The Morgan fingerprint density at radius 2 is 1.95 bits per heavy atom. The molecule has 1 heterocycles. The molecule has 0 aliphatic carbocycles. The number of rotatable bonds is 5. The van der Waals surface area contributed by atoms with Crippen LogP contribution in [0.25, 0.3) is 0 Å². The molecule has 1 N–H and O–H groups in total. The third-order valence-electron chi connectivity index (χ3n) is 3.66. The molecule has 0 aliphatic heterocycles. The van der Waals surface area contributed by atoms with Crippen LogP contribution >= 0.6 is 0 Å². The monoisotopic (exact) mass is 320 g/mol. The summed E-state index contributed by atoms with van der Waals surface area (Å²) >= 11 is 0. The summed E-state index contributed by atoms with van der Waals surface area (Å²) in [5, 5.41) is 0. The zero-order valence-electron chi connectivity index (χ0n) is 13.2. The third kappa shape index (κ3) is 3.28. The molecule has 1 aromatic carbocycles. The Bertz CT molecular complexity index is 772. The molecular weight excluding hydrogens is 300 g/mol. The van der Waals surface area contributed by atoms with Crippen molar-refractivity contribution in [2.45, 2.75) is 32.2 Å². The number of ether oxygens (including phenoxy) is 1. The fourth-order valence-electron chi connectivity index (χ4n) is 2.37. The van der Waals surface area contributed by atoms with Crippen molar-refractivity contribution in [2.24, 2.45) is 0 Å². The number of sulfonamides is 1. The molecule has 0 saturated heterocycles. The minimum atomic E-state index is -3.59. The molecule has 2 aromatic rings. The van der Waals surface area contributed by atoms with Crippen molar-refractivity contribution in [1.82, 2.24) is 9.71 Å². The fourth-order valence-corrected chi connectivity index (χ4v) is 3.77. The number of methoxy groups -OCH3 is 1. The van der Waals surface area contributed by atoms with Crippen molar-refractivity contribution in [3.8, 4) is 5.75 Å². The zero-order valence-corrected chi connectivity index (χ0v) is 14.0. The first-order valence-corrected chi connectivity index (χ1v) is 8.38. The molecule has 0 aliphatic rings. The van der Waals surface area contributed by atoms with E-state index in [0.717, 1.165) is 22.4 Å². The lowest BCUT2D eigenvalue weighted by Crippen LogP contribution is -2.24. The molecule has 5 nitrogen and oxygen atoms in total. The zero-order chi connectivity index (χ0) is 16.3. The predicted octanol–water partition coefficient (Wildman–Crippen LogP) is 2.49. The second-order valence-electron chi connectivity index (χ2n) is 5.16. The molecule has 0 spiro atoms. The molecule has 0 saturated carbocycles. The summed E-state index contributed by atoms with van der Waals surface area (Å²) < 4.78 is 33.1. The van der Waals surface area contributed by atoms with Gasteiger partial charge in [0.1, 0.15) is 5.75 Å². The average Bonchev–Trinajstić information content (AvgIpc) is 2.50. The van der Waals surface area contributed by atoms with Crippen molar-refractivity contribution in [3.05, 3.63) is 52.8 Å². The maximum atomic E-state index is 12.6. The minimum Gasteiger partial charge on any atom is -0.496 e. The van der Waals surface area contributed by atoms with Crippen LogP contribution in [0, 0.1) is 20.8 Å². The number of nitrogens with one attached hydrogen (secondary N) is 1. The first kappa shape index (κ1) is 16.5. The van der Waals surface area contributed by atoms with Gasteiger partial charge in [-0.05, 0) is 55.2 Å². The number of pyridine rings is 1. The second kappa shape index (κ2) is 6.46. The number of hydrogen-bond donors (Lipinski definition) is 1. The highest BCUT2D eigenvalue weighted by Gasteiger charge is 2.21. The van der Waals surface area contributed by atoms with Crippen molar-refractivity contribution in [1.29, 1.82) is 0 Å². The van der Waals surface area contributed by atoms with Gasteiger partial charge >= 0.3 is 0 Å². The Morgan fingerprint density at radius 3 is 2.55 bits per heavy atom. The molecular formula is C16H20N2O3S. The summed E-state index contributed by atoms with van der Waals surface area (Å²) in [6.07, 6.45) is 3.29. The smallest absolute Gasteiger partial charge is 0.241 e. The summed E-state index contributed by atoms with van der Waals surface area (Å²) in [5.74, 6) is 0.726. The standard InChI is InChI=1S/C16H20N2O3S/c1-11-8-15(12(2)13(3)16(11)21-4)22(19,20)18-10-14-6-5-7-17-9-14/h5-9,18H,10H2,1-4H3. The highest BCUT2D eigenvalue weighted by molar-refractivity contribution is 7.89. The second-order valence-corrected chi connectivity index (χ2v) is 6.90. The molecule has 0 amide bonds. The van der Waals surface area contributed by atoms with Crippen LogP contribution in [0.5, 0.6) is 5.75 Å². The van der Waals surface area contributed by atoms with Gasteiger partial charge < -0.3 is 4.74 Å². The Balaban J connectivity index is 2.34. The maximum Gasteiger partial charge on any atom is 0.241 e. The molecule has 0 bridgehead atoms. The van der Waals surface area contributed by atoms with Gasteiger partial charge in [-0.3, -0.25) is 4.98 Å². The van der Waals surface area contributed by atoms with Crippen LogP contribution in [0.4, 0.5) is 0 Å². The highest BCUT2D eigenvalue weighted by Crippen LogP contribution is 2.30. The number of nitrogens with zero attached hydrogens (tertiary/aromatic N) is 1. The molecule has 0 fully saturated rings. The summed E-state index contributed by atoms with van der Waals surface area (Å²) in [4.78, 5) is 4.26. The number of hydrogen-bond acceptors (Lipinski definition) is 4. The summed E-state index contributed by atoms with van der Waals surface area (Å²) in [7, 11) is -2.01. The quantitative estimate of drug-likeness (QED) is 0.919. The minimum absolute atomic E-state index is 0.208. The van der Waals surface area contributed by atoms with Gasteiger partial charge in [-0.15, -0.1) is 0 Å². The highest BCUT2D eigenvalue weighted by atomic mass is 32.2. The normalized spacial score (nSPS) is 11.5. The van der Waals surface area contributed by atoms with E-state index in [1.807, 2.05) is 19.9 Å². The lowest BCUT2D eigenvalue weighted by atomic mass is 10.1. The summed E-state index contributed by atoms with van der Waals surface area (Å²) in [6, 6.07) is 5.25. The Hall–Kier alpha value is -1.92. The molecule has 1 aromatic heterocycles. The van der Waals surface area contributed by atoms with Crippen molar-refractivity contribution < 1.29 is 13.2 Å². The van der Waals surface area contributed by atoms with E-state index >= 15 is 0 Å². The van der Waals surface area contributed by atoms with Crippen molar-refractivity contribution in [3.63, 3.8) is 0 Å². The van der Waals surface area contributed by atoms with E-state index in [4.69, 9.17) is 4.74 Å². The summed E-state index contributed by atoms with van der Waals surface area (Å²) in [5.41, 5.74) is 3.14.